The molecule has 14 heavy (non-hydrogen) atoms. The first-order valence-corrected chi connectivity index (χ1v) is 7.04. The van der Waals surface area contributed by atoms with E-state index in [1.54, 1.807) is 0 Å². The van der Waals surface area contributed by atoms with Crippen LogP contribution in [-0.2, 0) is 4.79 Å². The average molecular weight is 212 g/mol. The Balaban J connectivity index is 1.85. The zero-order chi connectivity index (χ0) is 9.97. The molecule has 2 rings (SSSR count). The first kappa shape index (κ1) is 10.5. The molecular weight excluding hydrogens is 192 g/mol. The summed E-state index contributed by atoms with van der Waals surface area (Å²) in [5, 5.41) is 0. The van der Waals surface area contributed by atoms with Gasteiger partial charge < -0.3 is 0 Å². The third-order valence-corrected chi connectivity index (χ3v) is 4.91. The van der Waals surface area contributed by atoms with E-state index in [4.69, 9.17) is 0 Å². The minimum atomic E-state index is 0.415. The van der Waals surface area contributed by atoms with E-state index in [1.165, 1.54) is 31.4 Å². The van der Waals surface area contributed by atoms with Crippen LogP contribution in [0.4, 0.5) is 0 Å². The monoisotopic (exact) mass is 212 g/mol. The van der Waals surface area contributed by atoms with Crippen LogP contribution in [-0.4, -0.2) is 17.3 Å². The van der Waals surface area contributed by atoms with Crippen molar-refractivity contribution in [3.8, 4) is 0 Å². The van der Waals surface area contributed by atoms with Gasteiger partial charge in [-0.15, -0.1) is 0 Å². The van der Waals surface area contributed by atoms with Gasteiger partial charge in [-0.2, -0.15) is 11.8 Å². The first-order valence-electron chi connectivity index (χ1n) is 5.89. The molecule has 1 heterocycles. The maximum Gasteiger partial charge on any atom is 0.139 e. The first-order chi connectivity index (χ1) is 6.77. The zero-order valence-corrected chi connectivity index (χ0v) is 9.81. The Bertz CT molecular complexity index is 200. The molecular formula is C12H20OS. The van der Waals surface area contributed by atoms with Crippen molar-refractivity contribution < 1.29 is 4.79 Å². The molecule has 0 amide bonds. The van der Waals surface area contributed by atoms with Gasteiger partial charge in [0.2, 0.25) is 0 Å². The van der Waals surface area contributed by atoms with Gasteiger partial charge in [0.05, 0.1) is 0 Å². The second-order valence-electron chi connectivity index (χ2n) is 4.92. The van der Waals surface area contributed by atoms with Gasteiger partial charge in [-0.3, -0.25) is 4.79 Å². The number of hydrogen-bond acceptors (Lipinski definition) is 2. The summed E-state index contributed by atoms with van der Waals surface area (Å²) in [4.78, 5) is 12.1. The smallest absolute Gasteiger partial charge is 0.139 e. The summed E-state index contributed by atoms with van der Waals surface area (Å²) in [6, 6.07) is 0. The standard InChI is InChI=1S/C12H20OS/c1-9-2-4-10(5-3-9)12(13)11-6-7-14-8-11/h9-11H,2-8H2,1H3. The van der Waals surface area contributed by atoms with Crippen LogP contribution < -0.4 is 0 Å². The molecule has 1 unspecified atom stereocenters. The number of Topliss-reactive ketones (excluding diaryl/α,β-unsaturated/α-hetero) is 1. The van der Waals surface area contributed by atoms with Crippen molar-refractivity contribution in [3.05, 3.63) is 0 Å². The molecule has 1 aliphatic heterocycles. The lowest BCUT2D eigenvalue weighted by Gasteiger charge is -2.26. The van der Waals surface area contributed by atoms with Crippen LogP contribution in [0.5, 0.6) is 0 Å². The van der Waals surface area contributed by atoms with E-state index >= 15 is 0 Å². The Hall–Kier alpha value is 0.0200. The van der Waals surface area contributed by atoms with Crippen molar-refractivity contribution in [3.63, 3.8) is 0 Å². The van der Waals surface area contributed by atoms with Crippen molar-refractivity contribution in [2.75, 3.05) is 11.5 Å². The average Bonchev–Trinajstić information content (AvgIpc) is 2.71. The lowest BCUT2D eigenvalue weighted by molar-refractivity contribution is -0.127. The molecule has 1 aliphatic carbocycles. The van der Waals surface area contributed by atoms with Crippen molar-refractivity contribution >= 4 is 17.5 Å². The van der Waals surface area contributed by atoms with Crippen molar-refractivity contribution in [2.45, 2.75) is 39.0 Å². The van der Waals surface area contributed by atoms with Crippen LogP contribution in [0.15, 0.2) is 0 Å². The molecule has 0 radical (unpaired) electrons. The molecule has 1 saturated carbocycles. The topological polar surface area (TPSA) is 17.1 Å². The van der Waals surface area contributed by atoms with Gasteiger partial charge in [0.15, 0.2) is 0 Å². The van der Waals surface area contributed by atoms with Gasteiger partial charge >= 0.3 is 0 Å². The fourth-order valence-corrected chi connectivity index (χ4v) is 3.87. The van der Waals surface area contributed by atoms with Gasteiger partial charge in [0.1, 0.15) is 5.78 Å². The highest BCUT2D eigenvalue weighted by Crippen LogP contribution is 2.34. The Morgan fingerprint density at radius 2 is 1.79 bits per heavy atom. The SMILES string of the molecule is CC1CCC(C(=O)C2CCSC2)CC1. The Kier molecular flexibility index (Phi) is 3.53. The van der Waals surface area contributed by atoms with E-state index in [1.807, 2.05) is 11.8 Å². The zero-order valence-electron chi connectivity index (χ0n) is 9.00. The van der Waals surface area contributed by atoms with E-state index < -0.39 is 0 Å². The Morgan fingerprint density at radius 3 is 2.36 bits per heavy atom. The molecule has 0 N–H and O–H groups in total. The number of carbonyl (C=O) groups excluding carboxylic acids is 1. The van der Waals surface area contributed by atoms with Crippen molar-refractivity contribution in [2.24, 2.45) is 17.8 Å². The maximum atomic E-state index is 12.1. The van der Waals surface area contributed by atoms with E-state index in [0.717, 1.165) is 18.1 Å². The Labute approximate surface area is 91.0 Å². The summed E-state index contributed by atoms with van der Waals surface area (Å²) >= 11 is 1.95. The molecule has 0 aromatic heterocycles. The molecule has 2 aliphatic rings. The van der Waals surface area contributed by atoms with Gasteiger partial charge in [-0.1, -0.05) is 19.8 Å². The third kappa shape index (κ3) is 2.33. The number of hydrogen-bond donors (Lipinski definition) is 0. The van der Waals surface area contributed by atoms with E-state index in [0.29, 0.717) is 17.6 Å². The normalized spacial score (nSPS) is 38.5. The molecule has 0 bridgehead atoms. The van der Waals surface area contributed by atoms with Crippen LogP contribution >= 0.6 is 11.8 Å². The lowest BCUT2D eigenvalue weighted by atomic mass is 9.78. The summed E-state index contributed by atoms with van der Waals surface area (Å²) in [5.74, 6) is 4.61. The second kappa shape index (κ2) is 4.69. The molecule has 2 fully saturated rings. The molecule has 1 saturated heterocycles. The fraction of sp³-hybridized carbons (Fsp3) is 0.917. The predicted octanol–water partition coefficient (Wildman–Crippen LogP) is 3.13. The number of ketones is 1. The van der Waals surface area contributed by atoms with Crippen molar-refractivity contribution in [1.29, 1.82) is 0 Å². The summed E-state index contributed by atoms with van der Waals surface area (Å²) in [5.41, 5.74) is 0. The van der Waals surface area contributed by atoms with Gasteiger partial charge in [-0.25, -0.2) is 0 Å². The highest BCUT2D eigenvalue weighted by Gasteiger charge is 2.31. The van der Waals surface area contributed by atoms with Crippen LogP contribution in [0.1, 0.15) is 39.0 Å². The van der Waals surface area contributed by atoms with E-state index in [2.05, 4.69) is 6.92 Å². The van der Waals surface area contributed by atoms with Crippen molar-refractivity contribution in [1.82, 2.24) is 0 Å². The number of carbonyl (C=O) groups is 1. The molecule has 80 valence electrons. The molecule has 1 atom stereocenters. The van der Waals surface area contributed by atoms with Crippen LogP contribution in [0.3, 0.4) is 0 Å². The second-order valence-corrected chi connectivity index (χ2v) is 6.07. The van der Waals surface area contributed by atoms with Crippen LogP contribution in [0.25, 0.3) is 0 Å². The van der Waals surface area contributed by atoms with Crippen LogP contribution in [0.2, 0.25) is 0 Å². The van der Waals surface area contributed by atoms with Gasteiger partial charge in [0.25, 0.3) is 0 Å². The summed E-state index contributed by atoms with van der Waals surface area (Å²) in [6.45, 7) is 2.31. The van der Waals surface area contributed by atoms with Crippen LogP contribution in [0, 0.1) is 17.8 Å². The van der Waals surface area contributed by atoms with Gasteiger partial charge in [-0.05, 0) is 30.9 Å². The Morgan fingerprint density at radius 1 is 1.07 bits per heavy atom. The number of rotatable bonds is 2. The molecule has 0 spiro atoms. The molecule has 0 aromatic carbocycles. The molecule has 1 nitrogen and oxygen atoms in total. The molecule has 0 aromatic rings. The summed E-state index contributed by atoms with van der Waals surface area (Å²) in [7, 11) is 0. The third-order valence-electron chi connectivity index (χ3n) is 3.75. The van der Waals surface area contributed by atoms with Gasteiger partial charge in [0, 0.05) is 17.6 Å². The maximum absolute atomic E-state index is 12.1. The predicted molar refractivity (Wildman–Crippen MR) is 61.6 cm³/mol. The van der Waals surface area contributed by atoms with E-state index in [9.17, 15) is 4.79 Å². The quantitative estimate of drug-likeness (QED) is 0.699. The minimum absolute atomic E-state index is 0.415. The summed E-state index contributed by atoms with van der Waals surface area (Å²) in [6.07, 6.45) is 6.03. The fourth-order valence-electron chi connectivity index (χ4n) is 2.64. The molecule has 2 heteroatoms. The lowest BCUT2D eigenvalue weighted by Crippen LogP contribution is -2.27. The number of thioether (sulfide) groups is 1. The highest BCUT2D eigenvalue weighted by atomic mass is 32.2. The highest BCUT2D eigenvalue weighted by molar-refractivity contribution is 7.99. The summed E-state index contributed by atoms with van der Waals surface area (Å²) < 4.78 is 0. The largest absolute Gasteiger partial charge is 0.299 e. The van der Waals surface area contributed by atoms with E-state index in [-0.39, 0.29) is 0 Å². The minimum Gasteiger partial charge on any atom is -0.299 e.